The molecule has 1 aromatic rings. The largest absolute Gasteiger partial charge is 0.481 e. The van der Waals surface area contributed by atoms with Gasteiger partial charge in [0.1, 0.15) is 4.32 Å². The van der Waals surface area contributed by atoms with E-state index >= 15 is 0 Å². The maximum Gasteiger partial charge on any atom is 0.303 e. The maximum atomic E-state index is 12.6. The molecule has 7 heteroatoms. The highest BCUT2D eigenvalue weighted by molar-refractivity contribution is 8.26. The number of thiocarbonyl (C=S) groups is 1. The first-order valence-corrected chi connectivity index (χ1v) is 11.4. The molecular weight excluding hydrogens is 404 g/mol. The molecule has 2 aliphatic heterocycles. The topological polar surface area (TPSA) is 60.9 Å². The molecule has 0 aromatic heterocycles. The standard InChI is InChI=1S/C22H28N2O3S2/c1-3-22(2)10-13-23(14-11-22)17-8-6-16(7-9-17)15-18-20(27)24(21(28)29-18)12-4-5-19(25)26/h6-9,15H,3-5,10-14H2,1-2H3,(H,25,26). The minimum absolute atomic E-state index is 0.0332. The van der Waals surface area contributed by atoms with Crippen molar-refractivity contribution in [2.75, 3.05) is 24.5 Å². The molecule has 2 fully saturated rings. The van der Waals surface area contributed by atoms with E-state index in [0.29, 0.717) is 27.6 Å². The first kappa shape index (κ1) is 21.8. The number of amides is 1. The van der Waals surface area contributed by atoms with Crippen LogP contribution in [0.5, 0.6) is 0 Å². The Morgan fingerprint density at radius 1 is 1.28 bits per heavy atom. The average molecular weight is 433 g/mol. The van der Waals surface area contributed by atoms with Crippen LogP contribution in [0.3, 0.4) is 0 Å². The van der Waals surface area contributed by atoms with Gasteiger partial charge in [-0.1, -0.05) is 56.4 Å². The zero-order chi connectivity index (χ0) is 21.0. The average Bonchev–Trinajstić information content (AvgIpc) is 2.96. The number of carbonyl (C=O) groups excluding carboxylic acids is 1. The second-order valence-corrected chi connectivity index (χ2v) is 9.75. The van der Waals surface area contributed by atoms with Crippen LogP contribution in [-0.4, -0.2) is 45.8 Å². The van der Waals surface area contributed by atoms with Crippen LogP contribution >= 0.6 is 24.0 Å². The zero-order valence-corrected chi connectivity index (χ0v) is 18.7. The summed E-state index contributed by atoms with van der Waals surface area (Å²) >= 11 is 6.58. The Balaban J connectivity index is 1.62. The Hall–Kier alpha value is -1.86. The lowest BCUT2D eigenvalue weighted by atomic mass is 9.78. The molecule has 156 valence electrons. The van der Waals surface area contributed by atoms with E-state index in [9.17, 15) is 9.59 Å². The van der Waals surface area contributed by atoms with Crippen LogP contribution in [0.4, 0.5) is 5.69 Å². The summed E-state index contributed by atoms with van der Waals surface area (Å²) in [5, 5.41) is 8.76. The molecule has 0 unspecified atom stereocenters. The van der Waals surface area contributed by atoms with Crippen molar-refractivity contribution in [2.45, 2.75) is 46.0 Å². The Morgan fingerprint density at radius 2 is 1.93 bits per heavy atom. The molecule has 0 aliphatic carbocycles. The summed E-state index contributed by atoms with van der Waals surface area (Å²) < 4.78 is 0.496. The molecule has 0 spiro atoms. The highest BCUT2D eigenvalue weighted by Crippen LogP contribution is 2.36. The van der Waals surface area contributed by atoms with E-state index in [-0.39, 0.29) is 12.3 Å². The van der Waals surface area contributed by atoms with Crippen molar-refractivity contribution in [1.82, 2.24) is 4.90 Å². The number of carbonyl (C=O) groups is 2. The third kappa shape index (κ3) is 5.39. The van der Waals surface area contributed by atoms with Gasteiger partial charge in [-0.25, -0.2) is 0 Å². The number of benzene rings is 1. The van der Waals surface area contributed by atoms with Gasteiger partial charge in [-0.2, -0.15) is 0 Å². The number of piperidine rings is 1. The molecule has 2 heterocycles. The van der Waals surface area contributed by atoms with Crippen LogP contribution in [0.25, 0.3) is 6.08 Å². The second kappa shape index (κ2) is 9.30. The number of rotatable bonds is 7. The molecule has 0 radical (unpaired) electrons. The van der Waals surface area contributed by atoms with Gasteiger partial charge in [-0.15, -0.1) is 0 Å². The third-order valence-electron chi connectivity index (χ3n) is 6.03. The summed E-state index contributed by atoms with van der Waals surface area (Å²) in [7, 11) is 0. The van der Waals surface area contributed by atoms with Crippen molar-refractivity contribution >= 4 is 51.9 Å². The lowest BCUT2D eigenvalue weighted by Crippen LogP contribution is -2.38. The van der Waals surface area contributed by atoms with E-state index in [2.05, 4.69) is 30.9 Å². The molecule has 1 amide bonds. The molecule has 0 bridgehead atoms. The van der Waals surface area contributed by atoms with Gasteiger partial charge < -0.3 is 10.0 Å². The lowest BCUT2D eigenvalue weighted by Gasteiger charge is -2.40. The molecule has 5 nitrogen and oxygen atoms in total. The fraction of sp³-hybridized carbons (Fsp3) is 0.500. The van der Waals surface area contributed by atoms with Crippen LogP contribution in [-0.2, 0) is 9.59 Å². The van der Waals surface area contributed by atoms with Crippen molar-refractivity contribution in [3.8, 4) is 0 Å². The van der Waals surface area contributed by atoms with E-state index in [4.69, 9.17) is 17.3 Å². The highest BCUT2D eigenvalue weighted by Gasteiger charge is 2.32. The number of hydrogen-bond donors (Lipinski definition) is 1. The fourth-order valence-electron chi connectivity index (χ4n) is 3.67. The van der Waals surface area contributed by atoms with Crippen LogP contribution in [0, 0.1) is 5.41 Å². The SMILES string of the molecule is CCC1(C)CCN(c2ccc(C=C3SC(=S)N(CCCC(=O)O)C3=O)cc2)CC1. The predicted octanol–water partition coefficient (Wildman–Crippen LogP) is 4.77. The van der Waals surface area contributed by atoms with Crippen LogP contribution in [0.15, 0.2) is 29.2 Å². The summed E-state index contributed by atoms with van der Waals surface area (Å²) in [6.07, 6.45) is 5.96. The summed E-state index contributed by atoms with van der Waals surface area (Å²) in [6, 6.07) is 8.32. The van der Waals surface area contributed by atoms with E-state index in [0.717, 1.165) is 18.7 Å². The predicted molar refractivity (Wildman–Crippen MR) is 123 cm³/mol. The van der Waals surface area contributed by atoms with Gasteiger partial charge in [0.15, 0.2) is 0 Å². The molecule has 3 rings (SSSR count). The van der Waals surface area contributed by atoms with Crippen molar-refractivity contribution < 1.29 is 14.7 Å². The van der Waals surface area contributed by atoms with E-state index in [1.807, 2.05) is 18.2 Å². The Bertz CT molecular complexity index is 812. The molecule has 2 saturated heterocycles. The maximum absolute atomic E-state index is 12.6. The molecule has 29 heavy (non-hydrogen) atoms. The summed E-state index contributed by atoms with van der Waals surface area (Å²) in [6.45, 7) is 7.17. The van der Waals surface area contributed by atoms with Crippen molar-refractivity contribution in [3.05, 3.63) is 34.7 Å². The summed E-state index contributed by atoms with van der Waals surface area (Å²) in [5.74, 6) is -0.997. The first-order chi connectivity index (χ1) is 13.8. The van der Waals surface area contributed by atoms with E-state index < -0.39 is 5.97 Å². The third-order valence-corrected chi connectivity index (χ3v) is 7.40. The van der Waals surface area contributed by atoms with Crippen molar-refractivity contribution in [2.24, 2.45) is 5.41 Å². The minimum atomic E-state index is -0.862. The Kier molecular flexibility index (Phi) is 7.01. The quantitative estimate of drug-likeness (QED) is 0.495. The summed E-state index contributed by atoms with van der Waals surface area (Å²) in [4.78, 5) is 27.8. The van der Waals surface area contributed by atoms with Crippen molar-refractivity contribution in [3.63, 3.8) is 0 Å². The molecule has 0 saturated carbocycles. The number of nitrogens with zero attached hydrogens (tertiary/aromatic N) is 2. The van der Waals surface area contributed by atoms with Gasteiger partial charge in [-0.3, -0.25) is 14.5 Å². The molecule has 1 aromatic carbocycles. The Morgan fingerprint density at radius 3 is 2.52 bits per heavy atom. The van der Waals surface area contributed by atoms with E-state index in [1.54, 1.807) is 0 Å². The number of carboxylic acids is 1. The lowest BCUT2D eigenvalue weighted by molar-refractivity contribution is -0.137. The zero-order valence-electron chi connectivity index (χ0n) is 17.0. The number of hydrogen-bond acceptors (Lipinski definition) is 5. The van der Waals surface area contributed by atoms with Gasteiger partial charge in [0.2, 0.25) is 0 Å². The number of anilines is 1. The first-order valence-electron chi connectivity index (χ1n) is 10.1. The van der Waals surface area contributed by atoms with Crippen LogP contribution in [0.2, 0.25) is 0 Å². The second-order valence-electron chi connectivity index (χ2n) is 8.07. The fourth-order valence-corrected chi connectivity index (χ4v) is 4.98. The smallest absolute Gasteiger partial charge is 0.303 e. The van der Waals surface area contributed by atoms with Gasteiger partial charge in [-0.05, 0) is 48.4 Å². The van der Waals surface area contributed by atoms with Crippen LogP contribution < -0.4 is 4.90 Å². The van der Waals surface area contributed by atoms with Gasteiger partial charge >= 0.3 is 5.97 Å². The normalized spacial score (nSPS) is 20.6. The van der Waals surface area contributed by atoms with Gasteiger partial charge in [0, 0.05) is 31.7 Å². The summed E-state index contributed by atoms with van der Waals surface area (Å²) in [5.41, 5.74) is 2.66. The Labute approximate surface area is 182 Å². The van der Waals surface area contributed by atoms with Crippen molar-refractivity contribution in [1.29, 1.82) is 0 Å². The molecule has 1 N–H and O–H groups in total. The number of carboxylic acid groups (broad SMARTS) is 1. The van der Waals surface area contributed by atoms with E-state index in [1.165, 1.54) is 41.6 Å². The number of aliphatic carboxylic acids is 1. The van der Waals surface area contributed by atoms with Crippen LogP contribution in [0.1, 0.15) is 51.5 Å². The molecular formula is C22H28N2O3S2. The van der Waals surface area contributed by atoms with Gasteiger partial charge in [0.05, 0.1) is 4.91 Å². The van der Waals surface area contributed by atoms with Gasteiger partial charge in [0.25, 0.3) is 5.91 Å². The minimum Gasteiger partial charge on any atom is -0.481 e. The molecule has 2 aliphatic rings. The molecule has 0 atom stereocenters. The monoisotopic (exact) mass is 432 g/mol. The highest BCUT2D eigenvalue weighted by atomic mass is 32.2. The number of thioether (sulfide) groups is 1.